The summed E-state index contributed by atoms with van der Waals surface area (Å²) in [5.41, 5.74) is 3.76. The Morgan fingerprint density at radius 2 is 1.28 bits per heavy atom. The molecule has 0 spiro atoms. The van der Waals surface area contributed by atoms with Crippen molar-refractivity contribution in [3.8, 4) is 23.7 Å². The molecule has 0 radical (unpaired) electrons. The first kappa shape index (κ1) is 16.3. The molecule has 0 aliphatic heterocycles. The topological polar surface area (TPSA) is 0 Å². The molecular weight excluding hydrogens is 307 g/mol. The van der Waals surface area contributed by atoms with Gasteiger partial charge >= 0.3 is 0 Å². The molecule has 25 heavy (non-hydrogen) atoms. The zero-order valence-corrected chi connectivity index (χ0v) is 13.6. The third-order valence-electron chi connectivity index (χ3n) is 3.58. The molecule has 0 saturated heterocycles. The molecule has 0 amide bonds. The van der Waals surface area contributed by atoms with Gasteiger partial charge < -0.3 is 0 Å². The van der Waals surface area contributed by atoms with Gasteiger partial charge in [-0.2, -0.15) is 0 Å². The molecule has 0 atom stereocenters. The Bertz CT molecular complexity index is 1000. The normalized spacial score (nSPS) is 9.32. The third kappa shape index (κ3) is 4.47. The van der Waals surface area contributed by atoms with E-state index in [4.69, 9.17) is 0 Å². The Balaban J connectivity index is 1.79. The first-order valence-corrected chi connectivity index (χ1v) is 7.86. The molecule has 3 rings (SSSR count). The van der Waals surface area contributed by atoms with E-state index in [2.05, 4.69) is 30.3 Å². The lowest BCUT2D eigenvalue weighted by molar-refractivity contribution is 0.624. The summed E-state index contributed by atoms with van der Waals surface area (Å²) in [6.45, 7) is 3.72. The van der Waals surface area contributed by atoms with Gasteiger partial charge in [0, 0.05) is 16.7 Å². The van der Waals surface area contributed by atoms with E-state index in [0.29, 0.717) is 11.1 Å². The molecule has 0 fully saturated rings. The van der Waals surface area contributed by atoms with Crippen molar-refractivity contribution in [3.05, 3.63) is 113 Å². The molecule has 3 aromatic carbocycles. The predicted octanol–water partition coefficient (Wildman–Crippen LogP) is 5.27. The van der Waals surface area contributed by atoms with Crippen LogP contribution < -0.4 is 0 Å². The summed E-state index contributed by atoms with van der Waals surface area (Å²) >= 11 is 0. The maximum Gasteiger partial charge on any atom is 0.140 e. The highest BCUT2D eigenvalue weighted by atomic mass is 19.1. The van der Waals surface area contributed by atoms with E-state index < -0.39 is 0 Å². The standard InChI is InChI=1S/C24H15F/c1-2-19-8-10-21(11-9-19)12-13-22-15-17-23(24(25)18-22)16-14-20-6-4-3-5-7-20/h2-11,15,17-18H,1H2. The van der Waals surface area contributed by atoms with Crippen molar-refractivity contribution < 1.29 is 4.39 Å². The van der Waals surface area contributed by atoms with Crippen molar-refractivity contribution >= 4 is 6.08 Å². The molecule has 0 bridgehead atoms. The van der Waals surface area contributed by atoms with Gasteiger partial charge in [0.05, 0.1) is 5.56 Å². The summed E-state index contributed by atoms with van der Waals surface area (Å²) in [6, 6.07) is 22.1. The summed E-state index contributed by atoms with van der Waals surface area (Å²) in [7, 11) is 0. The summed E-state index contributed by atoms with van der Waals surface area (Å²) in [5, 5.41) is 0. The fourth-order valence-corrected chi connectivity index (χ4v) is 2.20. The van der Waals surface area contributed by atoms with Gasteiger partial charge in [-0.05, 0) is 48.0 Å². The summed E-state index contributed by atoms with van der Waals surface area (Å²) in [4.78, 5) is 0. The van der Waals surface area contributed by atoms with Crippen LogP contribution in [-0.4, -0.2) is 0 Å². The summed E-state index contributed by atoms with van der Waals surface area (Å²) < 4.78 is 14.2. The summed E-state index contributed by atoms with van der Waals surface area (Å²) in [6.07, 6.45) is 1.78. The lowest BCUT2D eigenvalue weighted by Gasteiger charge is -1.96. The highest BCUT2D eigenvalue weighted by Gasteiger charge is 1.99. The van der Waals surface area contributed by atoms with Crippen molar-refractivity contribution in [3.63, 3.8) is 0 Å². The van der Waals surface area contributed by atoms with Crippen molar-refractivity contribution in [1.29, 1.82) is 0 Å². The molecule has 0 nitrogen and oxygen atoms in total. The van der Waals surface area contributed by atoms with Crippen LogP contribution in [0.4, 0.5) is 4.39 Å². The van der Waals surface area contributed by atoms with Crippen molar-refractivity contribution in [2.24, 2.45) is 0 Å². The van der Waals surface area contributed by atoms with Crippen LogP contribution in [0.1, 0.15) is 27.8 Å². The van der Waals surface area contributed by atoms with Crippen LogP contribution in [0.25, 0.3) is 6.08 Å². The molecule has 0 aliphatic rings. The first-order valence-electron chi connectivity index (χ1n) is 7.86. The minimum Gasteiger partial charge on any atom is -0.206 e. The molecule has 0 heterocycles. The van der Waals surface area contributed by atoms with Crippen molar-refractivity contribution in [2.75, 3.05) is 0 Å². The van der Waals surface area contributed by atoms with E-state index >= 15 is 0 Å². The number of benzene rings is 3. The van der Waals surface area contributed by atoms with Gasteiger partial charge in [0.25, 0.3) is 0 Å². The van der Waals surface area contributed by atoms with E-state index in [1.165, 1.54) is 6.07 Å². The predicted molar refractivity (Wildman–Crippen MR) is 101 cm³/mol. The van der Waals surface area contributed by atoms with Crippen LogP contribution in [0.2, 0.25) is 0 Å². The Morgan fingerprint density at radius 3 is 1.96 bits per heavy atom. The van der Waals surface area contributed by atoms with Gasteiger partial charge in [0.2, 0.25) is 0 Å². The number of hydrogen-bond donors (Lipinski definition) is 0. The lowest BCUT2D eigenvalue weighted by atomic mass is 10.1. The molecule has 1 heteroatoms. The monoisotopic (exact) mass is 322 g/mol. The second-order valence-corrected chi connectivity index (χ2v) is 5.39. The molecule has 0 unspecified atom stereocenters. The minimum absolute atomic E-state index is 0.364. The zero-order valence-electron chi connectivity index (χ0n) is 13.6. The largest absolute Gasteiger partial charge is 0.206 e. The average Bonchev–Trinajstić information content (AvgIpc) is 2.67. The molecule has 0 aromatic heterocycles. The Kier molecular flexibility index (Phi) is 5.10. The van der Waals surface area contributed by atoms with E-state index in [1.807, 2.05) is 54.6 Å². The molecule has 0 N–H and O–H groups in total. The second kappa shape index (κ2) is 7.82. The van der Waals surface area contributed by atoms with E-state index in [-0.39, 0.29) is 5.82 Å². The van der Waals surface area contributed by atoms with E-state index in [9.17, 15) is 4.39 Å². The average molecular weight is 322 g/mol. The van der Waals surface area contributed by atoms with Crippen molar-refractivity contribution in [1.82, 2.24) is 0 Å². The second-order valence-electron chi connectivity index (χ2n) is 5.39. The maximum absolute atomic E-state index is 14.2. The van der Waals surface area contributed by atoms with E-state index in [1.54, 1.807) is 18.2 Å². The van der Waals surface area contributed by atoms with Crippen LogP contribution >= 0.6 is 0 Å². The van der Waals surface area contributed by atoms with Gasteiger partial charge in [-0.25, -0.2) is 4.39 Å². The van der Waals surface area contributed by atoms with Gasteiger partial charge in [-0.1, -0.05) is 66.7 Å². The van der Waals surface area contributed by atoms with Gasteiger partial charge in [-0.15, -0.1) is 0 Å². The Morgan fingerprint density at radius 1 is 0.680 bits per heavy atom. The van der Waals surface area contributed by atoms with Gasteiger partial charge in [0.1, 0.15) is 5.82 Å². The quantitative estimate of drug-likeness (QED) is 0.536. The highest BCUT2D eigenvalue weighted by molar-refractivity contribution is 5.51. The highest BCUT2D eigenvalue weighted by Crippen LogP contribution is 2.10. The molecule has 0 saturated carbocycles. The van der Waals surface area contributed by atoms with Gasteiger partial charge in [-0.3, -0.25) is 0 Å². The Hall–Kier alpha value is -3.55. The molecule has 3 aromatic rings. The van der Waals surface area contributed by atoms with Crippen LogP contribution in [0, 0.1) is 29.5 Å². The molecule has 118 valence electrons. The maximum atomic E-state index is 14.2. The fourth-order valence-electron chi connectivity index (χ4n) is 2.20. The lowest BCUT2D eigenvalue weighted by Crippen LogP contribution is -1.86. The molecular formula is C24H15F. The third-order valence-corrected chi connectivity index (χ3v) is 3.58. The Labute approximate surface area is 147 Å². The van der Waals surface area contributed by atoms with Crippen LogP contribution in [0.5, 0.6) is 0 Å². The number of rotatable bonds is 1. The van der Waals surface area contributed by atoms with Crippen LogP contribution in [0.3, 0.4) is 0 Å². The summed E-state index contributed by atoms with van der Waals surface area (Å²) in [5.74, 6) is 11.5. The van der Waals surface area contributed by atoms with E-state index in [0.717, 1.165) is 16.7 Å². The SMILES string of the molecule is C=Cc1ccc(C#Cc2ccc(C#Cc3ccccc3)c(F)c2)cc1. The van der Waals surface area contributed by atoms with Crippen molar-refractivity contribution in [2.45, 2.75) is 0 Å². The number of halogens is 1. The van der Waals surface area contributed by atoms with Gasteiger partial charge in [0.15, 0.2) is 0 Å². The smallest absolute Gasteiger partial charge is 0.140 e. The number of hydrogen-bond acceptors (Lipinski definition) is 0. The van der Waals surface area contributed by atoms with Crippen LogP contribution in [0.15, 0.2) is 79.4 Å². The van der Waals surface area contributed by atoms with Crippen LogP contribution in [-0.2, 0) is 0 Å². The first-order chi connectivity index (χ1) is 12.2. The zero-order chi connectivity index (χ0) is 17.5. The minimum atomic E-state index is -0.364. The molecule has 0 aliphatic carbocycles. The fraction of sp³-hybridized carbons (Fsp3) is 0.